The molecule has 0 radical (unpaired) electrons. The molecule has 112 valence electrons. The Labute approximate surface area is 124 Å². The first-order valence-electron chi connectivity index (χ1n) is 6.47. The van der Waals surface area contributed by atoms with Crippen molar-refractivity contribution >= 4 is 23.3 Å². The Morgan fingerprint density at radius 2 is 2.20 bits per heavy atom. The van der Waals surface area contributed by atoms with Crippen LogP contribution in [0.1, 0.15) is 26.7 Å². The molecule has 6 heteroatoms. The lowest BCUT2D eigenvalue weighted by Crippen LogP contribution is -2.50. The van der Waals surface area contributed by atoms with E-state index in [9.17, 15) is 9.90 Å². The highest BCUT2D eigenvalue weighted by atomic mass is 35.5. The van der Waals surface area contributed by atoms with Crippen LogP contribution < -0.4 is 15.4 Å². The van der Waals surface area contributed by atoms with Crippen molar-refractivity contribution in [3.8, 4) is 5.75 Å². The lowest BCUT2D eigenvalue weighted by atomic mass is 9.98. The molecule has 0 aromatic heterocycles. The van der Waals surface area contributed by atoms with E-state index in [2.05, 4.69) is 10.6 Å². The van der Waals surface area contributed by atoms with E-state index >= 15 is 0 Å². The molecule has 0 saturated heterocycles. The molecule has 0 spiro atoms. The number of anilines is 1. The van der Waals surface area contributed by atoms with Gasteiger partial charge in [-0.05, 0) is 25.5 Å². The van der Waals surface area contributed by atoms with Crippen LogP contribution in [0.2, 0.25) is 5.02 Å². The number of aliphatic hydroxyl groups excluding tert-OH is 1. The van der Waals surface area contributed by atoms with Gasteiger partial charge in [0, 0.05) is 6.07 Å². The molecule has 20 heavy (non-hydrogen) atoms. The molecule has 0 heterocycles. The third-order valence-corrected chi connectivity index (χ3v) is 3.32. The fraction of sp³-hybridized carbons (Fsp3) is 0.500. The van der Waals surface area contributed by atoms with Crippen LogP contribution in [0.25, 0.3) is 0 Å². The number of hydrogen-bond acceptors (Lipinski definition) is 3. The molecule has 0 aliphatic heterocycles. The zero-order valence-electron chi connectivity index (χ0n) is 12.0. The van der Waals surface area contributed by atoms with Gasteiger partial charge in [-0.2, -0.15) is 0 Å². The van der Waals surface area contributed by atoms with Crippen LogP contribution in [0.4, 0.5) is 10.5 Å². The van der Waals surface area contributed by atoms with E-state index in [0.29, 0.717) is 22.9 Å². The number of rotatable bonds is 6. The number of aliphatic hydroxyl groups is 1. The summed E-state index contributed by atoms with van der Waals surface area (Å²) in [6, 6.07) is 4.58. The molecule has 3 N–H and O–H groups in total. The van der Waals surface area contributed by atoms with E-state index in [4.69, 9.17) is 16.3 Å². The van der Waals surface area contributed by atoms with Crippen LogP contribution in [0.5, 0.6) is 5.75 Å². The van der Waals surface area contributed by atoms with Gasteiger partial charge in [-0.3, -0.25) is 0 Å². The normalized spacial score (nSPS) is 13.4. The number of ether oxygens (including phenoxy) is 1. The minimum atomic E-state index is -0.649. The molecule has 0 fully saturated rings. The van der Waals surface area contributed by atoms with Crippen LogP contribution in [-0.2, 0) is 0 Å². The number of nitrogens with one attached hydrogen (secondary N) is 2. The van der Waals surface area contributed by atoms with Gasteiger partial charge in [-0.25, -0.2) is 4.79 Å². The first-order chi connectivity index (χ1) is 9.44. The van der Waals surface area contributed by atoms with Gasteiger partial charge in [0.15, 0.2) is 0 Å². The molecule has 1 atom stereocenters. The van der Waals surface area contributed by atoms with Crippen molar-refractivity contribution in [2.24, 2.45) is 0 Å². The van der Waals surface area contributed by atoms with Gasteiger partial charge in [-0.1, -0.05) is 24.9 Å². The summed E-state index contributed by atoms with van der Waals surface area (Å²) in [4.78, 5) is 12.0. The van der Waals surface area contributed by atoms with Crippen LogP contribution in [0, 0.1) is 0 Å². The van der Waals surface area contributed by atoms with Gasteiger partial charge in [0.25, 0.3) is 0 Å². The van der Waals surface area contributed by atoms with Gasteiger partial charge in [0.1, 0.15) is 5.75 Å². The average molecular weight is 301 g/mol. The third-order valence-electron chi connectivity index (χ3n) is 2.99. The molecule has 1 unspecified atom stereocenters. The van der Waals surface area contributed by atoms with E-state index in [-0.39, 0.29) is 6.61 Å². The standard InChI is InChI=1S/C14H21ClN2O3/c1-4-7-14(2,9-18)17-13(19)16-12-8-10(20-3)5-6-11(12)15/h5-6,8,18H,4,7,9H2,1-3H3,(H2,16,17,19). The van der Waals surface area contributed by atoms with Crippen molar-refractivity contribution < 1.29 is 14.6 Å². The highest BCUT2D eigenvalue weighted by molar-refractivity contribution is 6.33. The predicted molar refractivity (Wildman–Crippen MR) is 80.6 cm³/mol. The summed E-state index contributed by atoms with van der Waals surface area (Å²) in [5, 5.41) is 15.2. The van der Waals surface area contributed by atoms with E-state index < -0.39 is 11.6 Å². The quantitative estimate of drug-likeness (QED) is 0.756. The second-order valence-corrected chi connectivity index (χ2v) is 5.30. The van der Waals surface area contributed by atoms with Gasteiger partial charge in [0.2, 0.25) is 0 Å². The Bertz CT molecular complexity index is 468. The zero-order valence-corrected chi connectivity index (χ0v) is 12.8. The summed E-state index contributed by atoms with van der Waals surface area (Å²) in [6.07, 6.45) is 1.54. The summed E-state index contributed by atoms with van der Waals surface area (Å²) < 4.78 is 5.08. The highest BCUT2D eigenvalue weighted by Gasteiger charge is 2.24. The molecule has 1 aromatic rings. The number of carbonyl (C=O) groups is 1. The monoisotopic (exact) mass is 300 g/mol. The Morgan fingerprint density at radius 1 is 1.50 bits per heavy atom. The molecule has 0 saturated carbocycles. The molecule has 1 aromatic carbocycles. The topological polar surface area (TPSA) is 70.6 Å². The maximum Gasteiger partial charge on any atom is 0.319 e. The van der Waals surface area contributed by atoms with Crippen LogP contribution in [0.15, 0.2) is 18.2 Å². The molecule has 1 rings (SSSR count). The van der Waals surface area contributed by atoms with E-state index in [1.54, 1.807) is 25.1 Å². The fourth-order valence-electron chi connectivity index (χ4n) is 1.89. The number of amides is 2. The second kappa shape index (κ2) is 7.36. The highest BCUT2D eigenvalue weighted by Crippen LogP contribution is 2.26. The van der Waals surface area contributed by atoms with E-state index in [0.717, 1.165) is 6.42 Å². The Morgan fingerprint density at radius 3 is 2.75 bits per heavy atom. The fourth-order valence-corrected chi connectivity index (χ4v) is 2.05. The van der Waals surface area contributed by atoms with Crippen molar-refractivity contribution in [3.63, 3.8) is 0 Å². The van der Waals surface area contributed by atoms with Gasteiger partial charge in [0.05, 0.1) is 30.0 Å². The number of methoxy groups -OCH3 is 1. The second-order valence-electron chi connectivity index (χ2n) is 4.89. The molecule has 0 aliphatic carbocycles. The number of benzene rings is 1. The number of carbonyl (C=O) groups excluding carboxylic acids is 1. The summed E-state index contributed by atoms with van der Waals surface area (Å²) in [7, 11) is 1.54. The van der Waals surface area contributed by atoms with Gasteiger partial charge in [-0.15, -0.1) is 0 Å². The number of hydrogen-bond donors (Lipinski definition) is 3. The predicted octanol–water partition coefficient (Wildman–Crippen LogP) is 3.02. The van der Waals surface area contributed by atoms with Crippen molar-refractivity contribution in [3.05, 3.63) is 23.2 Å². The van der Waals surface area contributed by atoms with E-state index in [1.165, 1.54) is 7.11 Å². The largest absolute Gasteiger partial charge is 0.497 e. The number of halogens is 1. The van der Waals surface area contributed by atoms with Crippen LogP contribution in [-0.4, -0.2) is 30.4 Å². The molecule has 2 amide bonds. The molecule has 0 bridgehead atoms. The van der Waals surface area contributed by atoms with Crippen molar-refractivity contribution in [2.45, 2.75) is 32.2 Å². The minimum absolute atomic E-state index is 0.125. The summed E-state index contributed by atoms with van der Waals surface area (Å²) in [5.74, 6) is 0.600. The average Bonchev–Trinajstić information content (AvgIpc) is 2.41. The smallest absolute Gasteiger partial charge is 0.319 e. The molecular weight excluding hydrogens is 280 g/mol. The number of urea groups is 1. The Hall–Kier alpha value is -1.46. The third kappa shape index (κ3) is 4.58. The lowest BCUT2D eigenvalue weighted by molar-refractivity contribution is 0.167. The Balaban J connectivity index is 2.75. The van der Waals surface area contributed by atoms with Crippen molar-refractivity contribution in [2.75, 3.05) is 19.0 Å². The lowest BCUT2D eigenvalue weighted by Gasteiger charge is -2.28. The zero-order chi connectivity index (χ0) is 15.2. The van der Waals surface area contributed by atoms with Crippen LogP contribution >= 0.6 is 11.6 Å². The van der Waals surface area contributed by atoms with Gasteiger partial charge >= 0.3 is 6.03 Å². The van der Waals surface area contributed by atoms with Crippen LogP contribution in [0.3, 0.4) is 0 Å². The van der Waals surface area contributed by atoms with E-state index in [1.807, 2.05) is 6.92 Å². The molecule has 0 aliphatic rings. The van der Waals surface area contributed by atoms with Gasteiger partial charge < -0.3 is 20.5 Å². The summed E-state index contributed by atoms with van der Waals surface area (Å²) >= 11 is 6.02. The summed E-state index contributed by atoms with van der Waals surface area (Å²) in [6.45, 7) is 3.66. The molecule has 5 nitrogen and oxygen atoms in total. The first-order valence-corrected chi connectivity index (χ1v) is 6.85. The summed E-state index contributed by atoms with van der Waals surface area (Å²) in [5.41, 5.74) is -0.190. The van der Waals surface area contributed by atoms with Crippen molar-refractivity contribution in [1.82, 2.24) is 5.32 Å². The SMILES string of the molecule is CCCC(C)(CO)NC(=O)Nc1cc(OC)ccc1Cl. The molecular formula is C14H21ClN2O3. The maximum absolute atomic E-state index is 12.0. The van der Waals surface area contributed by atoms with Crippen molar-refractivity contribution in [1.29, 1.82) is 0 Å². The first kappa shape index (κ1) is 16.6. The Kier molecular flexibility index (Phi) is 6.10. The maximum atomic E-state index is 12.0. The minimum Gasteiger partial charge on any atom is -0.497 e.